The second-order valence-corrected chi connectivity index (χ2v) is 8.76. The number of nitriles is 1. The van der Waals surface area contributed by atoms with Crippen molar-refractivity contribution in [1.82, 2.24) is 0 Å². The van der Waals surface area contributed by atoms with E-state index in [1.54, 1.807) is 18.2 Å². The van der Waals surface area contributed by atoms with E-state index >= 15 is 0 Å². The molecule has 3 rings (SSSR count). The molecule has 0 bridgehead atoms. The van der Waals surface area contributed by atoms with E-state index in [2.05, 4.69) is 0 Å². The SMILES string of the molecule is COc1cc2c(cc1/C=C(\C#N)S(=O)(=O)c1cc(Cl)ccc1Cl)OC(C)C2. The summed E-state index contributed by atoms with van der Waals surface area (Å²) in [5.74, 6) is 1.09. The molecule has 1 aliphatic heterocycles. The fraction of sp³-hybridized carbons (Fsp3) is 0.211. The lowest BCUT2D eigenvalue weighted by Crippen LogP contribution is -2.05. The number of hydrogen-bond acceptors (Lipinski definition) is 5. The lowest BCUT2D eigenvalue weighted by Gasteiger charge is -2.10. The summed E-state index contributed by atoms with van der Waals surface area (Å²) in [7, 11) is -2.69. The zero-order chi connectivity index (χ0) is 19.8. The van der Waals surface area contributed by atoms with Crippen LogP contribution in [0.2, 0.25) is 10.0 Å². The van der Waals surface area contributed by atoms with Crippen LogP contribution in [0.5, 0.6) is 11.5 Å². The highest BCUT2D eigenvalue weighted by molar-refractivity contribution is 7.95. The summed E-state index contributed by atoms with van der Waals surface area (Å²) in [5.41, 5.74) is 1.39. The van der Waals surface area contributed by atoms with Gasteiger partial charge in [-0.15, -0.1) is 0 Å². The molecule has 1 aliphatic rings. The Morgan fingerprint density at radius 2 is 2.07 bits per heavy atom. The number of ether oxygens (including phenoxy) is 2. The van der Waals surface area contributed by atoms with E-state index in [-0.39, 0.29) is 21.0 Å². The molecule has 0 spiro atoms. The number of methoxy groups -OCH3 is 1. The molecule has 8 heteroatoms. The van der Waals surface area contributed by atoms with Gasteiger partial charge in [0.05, 0.1) is 17.0 Å². The third-order valence-corrected chi connectivity index (χ3v) is 6.50. The third kappa shape index (κ3) is 3.77. The topological polar surface area (TPSA) is 76.4 Å². The van der Waals surface area contributed by atoms with E-state index in [9.17, 15) is 13.7 Å². The fourth-order valence-electron chi connectivity index (χ4n) is 2.86. The van der Waals surface area contributed by atoms with Crippen molar-refractivity contribution in [1.29, 1.82) is 5.26 Å². The van der Waals surface area contributed by atoms with Gasteiger partial charge < -0.3 is 9.47 Å². The highest BCUT2D eigenvalue weighted by atomic mass is 35.5. The predicted octanol–water partition coefficient (Wildman–Crippen LogP) is 4.66. The van der Waals surface area contributed by atoms with E-state index in [1.165, 1.54) is 31.4 Å². The smallest absolute Gasteiger partial charge is 0.218 e. The molecule has 27 heavy (non-hydrogen) atoms. The molecule has 2 aromatic carbocycles. The van der Waals surface area contributed by atoms with Crippen LogP contribution in [0.3, 0.4) is 0 Å². The van der Waals surface area contributed by atoms with Crippen LogP contribution in [0, 0.1) is 11.3 Å². The minimum absolute atomic E-state index is 0.0152. The van der Waals surface area contributed by atoms with Crippen molar-refractivity contribution < 1.29 is 17.9 Å². The zero-order valence-corrected chi connectivity index (χ0v) is 16.8. The summed E-state index contributed by atoms with van der Waals surface area (Å²) in [6.45, 7) is 1.94. The Hall–Kier alpha value is -2.20. The van der Waals surface area contributed by atoms with Crippen LogP contribution < -0.4 is 9.47 Å². The molecule has 1 unspecified atom stereocenters. The maximum atomic E-state index is 12.9. The molecule has 0 N–H and O–H groups in total. The average molecular weight is 424 g/mol. The van der Waals surface area contributed by atoms with Crippen molar-refractivity contribution in [2.75, 3.05) is 7.11 Å². The van der Waals surface area contributed by atoms with Crippen molar-refractivity contribution in [2.24, 2.45) is 0 Å². The molecule has 2 aromatic rings. The molecule has 0 radical (unpaired) electrons. The molecule has 0 aromatic heterocycles. The predicted molar refractivity (Wildman–Crippen MR) is 104 cm³/mol. The molecule has 0 aliphatic carbocycles. The number of allylic oxidation sites excluding steroid dienone is 1. The number of fused-ring (bicyclic) bond motifs is 1. The number of nitrogens with zero attached hydrogens (tertiary/aromatic N) is 1. The van der Waals surface area contributed by atoms with Crippen LogP contribution in [0.1, 0.15) is 18.1 Å². The van der Waals surface area contributed by atoms with E-state index in [0.29, 0.717) is 17.1 Å². The summed E-state index contributed by atoms with van der Waals surface area (Å²) in [6.07, 6.45) is 2.00. The van der Waals surface area contributed by atoms with Crippen LogP contribution in [0.25, 0.3) is 6.08 Å². The van der Waals surface area contributed by atoms with Crippen LogP contribution in [0.4, 0.5) is 0 Å². The molecule has 0 saturated heterocycles. The Morgan fingerprint density at radius 1 is 1.33 bits per heavy atom. The number of halogens is 2. The lowest BCUT2D eigenvalue weighted by atomic mass is 10.1. The summed E-state index contributed by atoms with van der Waals surface area (Å²) >= 11 is 11.9. The first-order valence-corrected chi connectivity index (χ1v) is 10.2. The van der Waals surface area contributed by atoms with Gasteiger partial charge in [0, 0.05) is 22.6 Å². The third-order valence-electron chi connectivity index (χ3n) is 4.12. The summed E-state index contributed by atoms with van der Waals surface area (Å²) < 4.78 is 36.9. The van der Waals surface area contributed by atoms with Gasteiger partial charge in [-0.2, -0.15) is 5.26 Å². The summed E-state index contributed by atoms with van der Waals surface area (Å²) in [6, 6.07) is 9.26. The summed E-state index contributed by atoms with van der Waals surface area (Å²) in [4.78, 5) is -0.703. The van der Waals surface area contributed by atoms with Gasteiger partial charge >= 0.3 is 0 Å². The highest BCUT2D eigenvalue weighted by Crippen LogP contribution is 2.37. The van der Waals surface area contributed by atoms with Gasteiger partial charge in [-0.3, -0.25) is 0 Å². The Kier molecular flexibility index (Phi) is 5.38. The number of hydrogen-bond donors (Lipinski definition) is 0. The monoisotopic (exact) mass is 423 g/mol. The first kappa shape index (κ1) is 19.6. The number of benzene rings is 2. The average Bonchev–Trinajstić information content (AvgIpc) is 2.99. The van der Waals surface area contributed by atoms with Crippen LogP contribution in [0.15, 0.2) is 40.1 Å². The lowest BCUT2D eigenvalue weighted by molar-refractivity contribution is 0.254. The minimum Gasteiger partial charge on any atom is -0.496 e. The molecule has 5 nitrogen and oxygen atoms in total. The minimum atomic E-state index is -4.17. The van der Waals surface area contributed by atoms with Gasteiger partial charge in [0.1, 0.15) is 28.6 Å². The number of sulfone groups is 1. The Morgan fingerprint density at radius 3 is 2.74 bits per heavy atom. The summed E-state index contributed by atoms with van der Waals surface area (Å²) in [5, 5.41) is 9.68. The molecule has 140 valence electrons. The Bertz CT molecular complexity index is 1090. The highest BCUT2D eigenvalue weighted by Gasteiger charge is 2.26. The largest absolute Gasteiger partial charge is 0.496 e. The first-order valence-electron chi connectivity index (χ1n) is 7.95. The van der Waals surface area contributed by atoms with Crippen molar-refractivity contribution in [3.05, 3.63) is 56.4 Å². The molecule has 0 saturated carbocycles. The maximum Gasteiger partial charge on any atom is 0.218 e. The van der Waals surface area contributed by atoms with Gasteiger partial charge in [0.2, 0.25) is 9.84 Å². The molecule has 0 fully saturated rings. The van der Waals surface area contributed by atoms with E-state index in [1.807, 2.05) is 6.92 Å². The van der Waals surface area contributed by atoms with Crippen molar-refractivity contribution in [3.63, 3.8) is 0 Å². The zero-order valence-electron chi connectivity index (χ0n) is 14.5. The standard InChI is InChI=1S/C19H15Cl2NO4S/c1-11-5-12-7-17(25-2)13(8-18(12)26-11)6-15(10-22)27(23,24)19-9-14(20)3-4-16(19)21/h3-4,6-9,11H,5H2,1-2H3/b15-6+. The molecular weight excluding hydrogens is 409 g/mol. The van der Waals surface area contributed by atoms with Crippen molar-refractivity contribution in [2.45, 2.75) is 24.3 Å². The first-order chi connectivity index (χ1) is 12.8. The van der Waals surface area contributed by atoms with Crippen molar-refractivity contribution in [3.8, 4) is 17.6 Å². The normalized spacial score (nSPS) is 16.4. The fourth-order valence-corrected chi connectivity index (χ4v) is 4.76. The van der Waals surface area contributed by atoms with Crippen LogP contribution in [-0.2, 0) is 16.3 Å². The van der Waals surface area contributed by atoms with Gasteiger partial charge in [0.15, 0.2) is 0 Å². The van der Waals surface area contributed by atoms with Gasteiger partial charge in [0.25, 0.3) is 0 Å². The maximum absolute atomic E-state index is 12.9. The van der Waals surface area contributed by atoms with E-state index in [4.69, 9.17) is 32.7 Å². The van der Waals surface area contributed by atoms with Gasteiger partial charge in [-0.1, -0.05) is 23.2 Å². The molecular formula is C19H15Cl2NO4S. The second-order valence-electron chi connectivity index (χ2n) is 6.03. The van der Waals surface area contributed by atoms with Crippen molar-refractivity contribution >= 4 is 39.1 Å². The van der Waals surface area contributed by atoms with Crippen LogP contribution in [-0.4, -0.2) is 21.6 Å². The van der Waals surface area contributed by atoms with Gasteiger partial charge in [-0.05, 0) is 43.3 Å². The second kappa shape index (κ2) is 7.43. The quantitative estimate of drug-likeness (QED) is 0.667. The van der Waals surface area contributed by atoms with E-state index < -0.39 is 14.7 Å². The molecule has 0 amide bonds. The molecule has 1 heterocycles. The van der Waals surface area contributed by atoms with Crippen LogP contribution >= 0.6 is 23.2 Å². The molecule has 1 atom stereocenters. The van der Waals surface area contributed by atoms with E-state index in [0.717, 1.165) is 12.0 Å². The Labute approximate surface area is 167 Å². The van der Waals surface area contributed by atoms with Gasteiger partial charge in [-0.25, -0.2) is 8.42 Å². The Balaban J connectivity index is 2.14. The number of rotatable bonds is 4.